The van der Waals surface area contributed by atoms with Crippen LogP contribution in [0.2, 0.25) is 0 Å². The Morgan fingerprint density at radius 1 is 1.33 bits per heavy atom. The fraction of sp³-hybridized carbons (Fsp3) is 0.467. The van der Waals surface area contributed by atoms with E-state index in [0.29, 0.717) is 19.4 Å². The Hall–Kier alpha value is -2.08. The van der Waals surface area contributed by atoms with E-state index in [-0.39, 0.29) is 18.2 Å². The normalized spacial score (nSPS) is 22.5. The van der Waals surface area contributed by atoms with Crippen molar-refractivity contribution in [3.8, 4) is 0 Å². The largest absolute Gasteiger partial charge is 0.479 e. The number of carboxylic acids is 1. The van der Waals surface area contributed by atoms with Gasteiger partial charge in [-0.3, -0.25) is 0 Å². The molecule has 2 amide bonds. The molecule has 3 atom stereocenters. The zero-order chi connectivity index (χ0) is 15.2. The number of carbonyl (C=O) groups excluding carboxylic acids is 1. The van der Waals surface area contributed by atoms with Crippen molar-refractivity contribution in [3.63, 3.8) is 0 Å². The van der Waals surface area contributed by atoms with Crippen LogP contribution in [0, 0.1) is 0 Å². The van der Waals surface area contributed by atoms with Gasteiger partial charge in [0.15, 0.2) is 6.10 Å². The van der Waals surface area contributed by atoms with Crippen LogP contribution in [-0.2, 0) is 9.53 Å². The number of hydrogen-bond acceptors (Lipinski definition) is 3. The summed E-state index contributed by atoms with van der Waals surface area (Å²) in [6.07, 6.45) is 0.154. The van der Waals surface area contributed by atoms with Crippen LogP contribution in [0.15, 0.2) is 30.3 Å². The molecule has 1 fully saturated rings. The summed E-state index contributed by atoms with van der Waals surface area (Å²) in [6, 6.07) is 9.28. The molecule has 1 aromatic carbocycles. The Balaban J connectivity index is 1.72. The summed E-state index contributed by atoms with van der Waals surface area (Å²) in [7, 11) is 0. The summed E-state index contributed by atoms with van der Waals surface area (Å²) in [6.45, 7) is 2.22. The van der Waals surface area contributed by atoms with Gasteiger partial charge in [0.2, 0.25) is 0 Å². The SMILES string of the molecule is CC(NC(=O)NCC1CCC(C(=O)O)O1)c1ccccc1. The number of carbonyl (C=O) groups is 2. The Bertz CT molecular complexity index is 492. The molecule has 0 radical (unpaired) electrons. The van der Waals surface area contributed by atoms with Crippen LogP contribution in [-0.4, -0.2) is 35.9 Å². The van der Waals surface area contributed by atoms with Gasteiger partial charge in [-0.05, 0) is 25.3 Å². The molecule has 3 unspecified atom stereocenters. The van der Waals surface area contributed by atoms with E-state index in [1.165, 1.54) is 0 Å². The maximum absolute atomic E-state index is 11.8. The predicted molar refractivity (Wildman–Crippen MR) is 76.9 cm³/mol. The number of rotatable bonds is 5. The maximum atomic E-state index is 11.8. The Morgan fingerprint density at radius 3 is 2.67 bits per heavy atom. The minimum Gasteiger partial charge on any atom is -0.479 e. The van der Waals surface area contributed by atoms with Gasteiger partial charge in [0.05, 0.1) is 12.1 Å². The lowest BCUT2D eigenvalue weighted by Crippen LogP contribution is -2.41. The molecule has 1 heterocycles. The van der Waals surface area contributed by atoms with Crippen LogP contribution >= 0.6 is 0 Å². The van der Waals surface area contributed by atoms with Gasteiger partial charge in [0, 0.05) is 6.54 Å². The summed E-state index contributed by atoms with van der Waals surface area (Å²) in [5.74, 6) is -0.945. The van der Waals surface area contributed by atoms with Gasteiger partial charge in [-0.2, -0.15) is 0 Å². The van der Waals surface area contributed by atoms with Gasteiger partial charge in [0.1, 0.15) is 0 Å². The van der Waals surface area contributed by atoms with Crippen molar-refractivity contribution in [3.05, 3.63) is 35.9 Å². The van der Waals surface area contributed by atoms with Crippen molar-refractivity contribution < 1.29 is 19.4 Å². The lowest BCUT2D eigenvalue weighted by Gasteiger charge is -2.17. The van der Waals surface area contributed by atoms with Crippen molar-refractivity contribution >= 4 is 12.0 Å². The highest BCUT2D eigenvalue weighted by Gasteiger charge is 2.30. The van der Waals surface area contributed by atoms with Crippen LogP contribution in [0.5, 0.6) is 0 Å². The molecule has 6 nitrogen and oxygen atoms in total. The van der Waals surface area contributed by atoms with Crippen molar-refractivity contribution in [2.45, 2.75) is 38.0 Å². The van der Waals surface area contributed by atoms with Gasteiger partial charge >= 0.3 is 12.0 Å². The highest BCUT2D eigenvalue weighted by molar-refractivity contribution is 5.74. The van der Waals surface area contributed by atoms with E-state index in [4.69, 9.17) is 9.84 Å². The van der Waals surface area contributed by atoms with Gasteiger partial charge in [0.25, 0.3) is 0 Å². The van der Waals surface area contributed by atoms with Crippen molar-refractivity contribution in [2.24, 2.45) is 0 Å². The number of ether oxygens (including phenoxy) is 1. The van der Waals surface area contributed by atoms with Crippen LogP contribution in [0.25, 0.3) is 0 Å². The van der Waals surface area contributed by atoms with Gasteiger partial charge in [-0.15, -0.1) is 0 Å². The molecule has 6 heteroatoms. The first kappa shape index (κ1) is 15.3. The second-order valence-electron chi connectivity index (χ2n) is 5.15. The third-order valence-electron chi connectivity index (χ3n) is 3.52. The molecule has 1 aromatic rings. The van der Waals surface area contributed by atoms with Crippen LogP contribution < -0.4 is 10.6 Å². The molecule has 0 spiro atoms. The third kappa shape index (κ3) is 4.46. The zero-order valence-corrected chi connectivity index (χ0v) is 11.9. The summed E-state index contributed by atoms with van der Waals surface area (Å²) in [5, 5.41) is 14.4. The Kier molecular flexibility index (Phi) is 5.16. The first-order valence-corrected chi connectivity index (χ1v) is 7.04. The van der Waals surface area contributed by atoms with E-state index in [9.17, 15) is 9.59 Å². The lowest BCUT2D eigenvalue weighted by molar-refractivity contribution is -0.149. The van der Waals surface area contributed by atoms with E-state index >= 15 is 0 Å². The average Bonchev–Trinajstić information content (AvgIpc) is 2.95. The second-order valence-corrected chi connectivity index (χ2v) is 5.15. The van der Waals surface area contributed by atoms with Crippen molar-refractivity contribution in [2.75, 3.05) is 6.54 Å². The molecule has 0 saturated carbocycles. The number of urea groups is 1. The summed E-state index contributed by atoms with van der Waals surface area (Å²) in [5.41, 5.74) is 1.02. The molecule has 3 N–H and O–H groups in total. The van der Waals surface area contributed by atoms with Gasteiger partial charge in [-0.25, -0.2) is 9.59 Å². The monoisotopic (exact) mass is 292 g/mol. The molecule has 21 heavy (non-hydrogen) atoms. The van der Waals surface area contributed by atoms with E-state index < -0.39 is 12.1 Å². The number of hydrogen-bond donors (Lipinski definition) is 3. The number of nitrogens with one attached hydrogen (secondary N) is 2. The summed E-state index contributed by atoms with van der Waals surface area (Å²) < 4.78 is 5.32. The van der Waals surface area contributed by atoms with E-state index in [1.54, 1.807) is 0 Å². The number of aliphatic carboxylic acids is 1. The zero-order valence-electron chi connectivity index (χ0n) is 11.9. The standard InChI is InChI=1S/C15H20N2O4/c1-10(11-5-3-2-4-6-11)17-15(20)16-9-12-7-8-13(21-12)14(18)19/h2-6,10,12-13H,7-9H2,1H3,(H,18,19)(H2,16,17,20). The molecule has 1 aliphatic rings. The second kappa shape index (κ2) is 7.08. The van der Waals surface area contributed by atoms with Crippen LogP contribution in [0.1, 0.15) is 31.4 Å². The van der Waals surface area contributed by atoms with Gasteiger partial charge < -0.3 is 20.5 Å². The molecule has 0 bridgehead atoms. The first-order chi connectivity index (χ1) is 10.1. The van der Waals surface area contributed by atoms with E-state index in [2.05, 4.69) is 10.6 Å². The summed E-state index contributed by atoms with van der Waals surface area (Å²) >= 11 is 0. The fourth-order valence-electron chi connectivity index (χ4n) is 2.32. The van der Waals surface area contributed by atoms with Crippen molar-refractivity contribution in [1.82, 2.24) is 10.6 Å². The maximum Gasteiger partial charge on any atom is 0.332 e. The van der Waals surface area contributed by atoms with Gasteiger partial charge in [-0.1, -0.05) is 30.3 Å². The molecule has 1 aliphatic heterocycles. The van der Waals surface area contributed by atoms with E-state index in [1.807, 2.05) is 37.3 Å². The molecular formula is C15H20N2O4. The fourth-order valence-corrected chi connectivity index (χ4v) is 2.32. The third-order valence-corrected chi connectivity index (χ3v) is 3.52. The highest BCUT2D eigenvalue weighted by atomic mass is 16.5. The molecule has 2 rings (SSSR count). The van der Waals surface area contributed by atoms with Crippen LogP contribution in [0.3, 0.4) is 0 Å². The number of carboxylic acid groups (broad SMARTS) is 1. The number of amides is 2. The first-order valence-electron chi connectivity index (χ1n) is 7.04. The molecule has 114 valence electrons. The smallest absolute Gasteiger partial charge is 0.332 e. The number of benzene rings is 1. The Morgan fingerprint density at radius 2 is 2.05 bits per heavy atom. The van der Waals surface area contributed by atoms with Crippen molar-refractivity contribution in [1.29, 1.82) is 0 Å². The topological polar surface area (TPSA) is 87.7 Å². The minimum atomic E-state index is -0.945. The predicted octanol–water partition coefficient (Wildman–Crippen LogP) is 1.68. The quantitative estimate of drug-likeness (QED) is 0.770. The molecule has 0 aromatic heterocycles. The molecule has 1 saturated heterocycles. The molecular weight excluding hydrogens is 272 g/mol. The van der Waals surface area contributed by atoms with E-state index in [0.717, 1.165) is 5.56 Å². The summed E-state index contributed by atoms with van der Waals surface area (Å²) in [4.78, 5) is 22.6. The van der Waals surface area contributed by atoms with Crippen LogP contribution in [0.4, 0.5) is 4.79 Å². The average molecular weight is 292 g/mol. The Labute approximate surface area is 123 Å². The minimum absolute atomic E-state index is 0.0949. The highest BCUT2D eigenvalue weighted by Crippen LogP contribution is 2.19. The lowest BCUT2D eigenvalue weighted by atomic mass is 10.1. The molecule has 0 aliphatic carbocycles.